The summed E-state index contributed by atoms with van der Waals surface area (Å²) in [5.41, 5.74) is 0. The van der Waals surface area contributed by atoms with Gasteiger partial charge in [0.1, 0.15) is 5.11 Å². The summed E-state index contributed by atoms with van der Waals surface area (Å²) in [6.07, 6.45) is -1.27. The summed E-state index contributed by atoms with van der Waals surface area (Å²) in [5.74, 6) is 0. The summed E-state index contributed by atoms with van der Waals surface area (Å²) < 4.78 is 4.37. The molecule has 0 rings (SSSR count). The van der Waals surface area contributed by atoms with Crippen molar-refractivity contribution in [1.29, 1.82) is 0 Å². The summed E-state index contributed by atoms with van der Waals surface area (Å²) in [6, 6.07) is 0. The number of carbonyl (C=O) groups excluding carboxylic acids is 1. The van der Waals surface area contributed by atoms with E-state index in [1.54, 1.807) is 20.8 Å². The van der Waals surface area contributed by atoms with E-state index in [1.165, 1.54) is 0 Å². The van der Waals surface area contributed by atoms with Crippen LogP contribution in [0, 0.1) is 5.21 Å². The van der Waals surface area contributed by atoms with E-state index in [0.29, 0.717) is 0 Å². The summed E-state index contributed by atoms with van der Waals surface area (Å²) >= 11 is 0. The predicted octanol–water partition coefficient (Wildman–Crippen LogP) is 1.45. The van der Waals surface area contributed by atoms with E-state index in [-0.39, 0.29) is 17.7 Å². The Bertz CT molecular complexity index is 178. The van der Waals surface area contributed by atoms with Crippen LogP contribution in [0.4, 0.5) is 4.79 Å². The Hall–Kier alpha value is -1.33. The number of hydrogen-bond donors (Lipinski definition) is 0. The number of nitrogens with zero attached hydrogens (tertiary/aromatic N) is 2. The summed E-state index contributed by atoms with van der Waals surface area (Å²) in [6.45, 7) is 5.08. The first-order valence-electron chi connectivity index (χ1n) is 3.58. The van der Waals surface area contributed by atoms with Crippen LogP contribution in [-0.2, 0) is 9.57 Å². The van der Waals surface area contributed by atoms with Crippen molar-refractivity contribution in [1.82, 2.24) is 0 Å². The van der Waals surface area contributed by atoms with Crippen LogP contribution < -0.4 is 0 Å². The van der Waals surface area contributed by atoms with Gasteiger partial charge in [-0.1, -0.05) is 0 Å². The number of amides is 1. The summed E-state index contributed by atoms with van der Waals surface area (Å²) in [5, 5.41) is 13.3. The molecule has 0 saturated carbocycles. The molecular weight excluding hydrogens is 164 g/mol. The van der Waals surface area contributed by atoms with Crippen molar-refractivity contribution in [2.45, 2.75) is 26.9 Å². The van der Waals surface area contributed by atoms with Crippen molar-refractivity contribution in [2.75, 3.05) is 6.61 Å². The Morgan fingerprint density at radius 1 is 1.67 bits per heavy atom. The van der Waals surface area contributed by atoms with E-state index in [9.17, 15) is 10.0 Å². The quantitative estimate of drug-likeness (QED) is 0.481. The van der Waals surface area contributed by atoms with Crippen LogP contribution >= 0.6 is 0 Å². The predicted molar refractivity (Wildman–Crippen MR) is 39.3 cm³/mol. The Morgan fingerprint density at radius 3 is 2.67 bits per heavy atom. The van der Waals surface area contributed by atoms with Gasteiger partial charge in [0.05, 0.1) is 12.7 Å². The Kier molecular flexibility index (Phi) is 4.75. The maximum absolute atomic E-state index is 10.6. The number of rotatable bonds is 3. The zero-order chi connectivity index (χ0) is 9.56. The monoisotopic (exact) mass is 176 g/mol. The third-order valence-electron chi connectivity index (χ3n) is 0.732. The highest BCUT2D eigenvalue weighted by atomic mass is 16.9. The highest BCUT2D eigenvalue weighted by Gasteiger charge is 2.06. The van der Waals surface area contributed by atoms with E-state index in [2.05, 4.69) is 14.7 Å². The molecule has 0 aliphatic rings. The maximum atomic E-state index is 10.6. The van der Waals surface area contributed by atoms with E-state index < -0.39 is 6.09 Å². The van der Waals surface area contributed by atoms with Gasteiger partial charge < -0.3 is 9.57 Å². The van der Waals surface area contributed by atoms with Gasteiger partial charge in [-0.3, -0.25) is 0 Å². The van der Waals surface area contributed by atoms with Crippen LogP contribution in [0.3, 0.4) is 0 Å². The molecule has 0 heterocycles. The van der Waals surface area contributed by atoms with Gasteiger partial charge >= 0.3 is 6.09 Å². The fourth-order valence-electron chi connectivity index (χ4n) is 0.423. The minimum absolute atomic E-state index is 0.150. The van der Waals surface area contributed by atoms with Crippen LogP contribution in [0.15, 0.2) is 5.11 Å². The average Bonchev–Trinajstić information content (AvgIpc) is 1.84. The fourth-order valence-corrected chi connectivity index (χ4v) is 0.423. The Morgan fingerprint density at radius 2 is 2.25 bits per heavy atom. The van der Waals surface area contributed by atoms with Crippen LogP contribution in [0.25, 0.3) is 0 Å². The van der Waals surface area contributed by atoms with Crippen molar-refractivity contribution in [3.05, 3.63) is 5.21 Å². The van der Waals surface area contributed by atoms with E-state index in [4.69, 9.17) is 0 Å². The van der Waals surface area contributed by atoms with Gasteiger partial charge in [-0.05, 0) is 20.8 Å². The van der Waals surface area contributed by atoms with Crippen molar-refractivity contribution in [3.63, 3.8) is 0 Å². The van der Waals surface area contributed by atoms with Crippen LogP contribution in [0.2, 0.25) is 0 Å². The van der Waals surface area contributed by atoms with Crippen LogP contribution in [0.1, 0.15) is 20.8 Å². The molecule has 0 aromatic carbocycles. The molecule has 0 fully saturated rings. The number of ether oxygens (including phenoxy) is 1. The molecule has 1 amide bonds. The molecule has 0 N–H and O–H groups in total. The smallest absolute Gasteiger partial charge is 0.444 e. The van der Waals surface area contributed by atoms with Gasteiger partial charge in [0.25, 0.3) is 0 Å². The Balaban J connectivity index is 3.89. The topological polar surface area (TPSA) is 74.0 Å². The number of hydrogen-bond acceptors (Lipinski definition) is 4. The lowest BCUT2D eigenvalue weighted by Gasteiger charge is -2.04. The molecule has 12 heavy (non-hydrogen) atoms. The molecular formula is C6H12N2O4. The summed E-state index contributed by atoms with van der Waals surface area (Å²) in [4.78, 5) is 15.0. The standard InChI is InChI=1S/C6H12N2O4/c1-4-11-6(9)7-8(10)12-5(2)3/h5H,4H2,1-3H3/b8-7+. The lowest BCUT2D eigenvalue weighted by Crippen LogP contribution is -2.12. The molecule has 0 bridgehead atoms. The first kappa shape index (κ1) is 10.7. The van der Waals surface area contributed by atoms with Crippen LogP contribution in [-0.4, -0.2) is 23.8 Å². The fraction of sp³-hybridized carbons (Fsp3) is 0.833. The molecule has 0 aliphatic heterocycles. The zero-order valence-electron chi connectivity index (χ0n) is 7.31. The molecule has 0 aliphatic carbocycles. The van der Waals surface area contributed by atoms with Gasteiger partial charge in [0.2, 0.25) is 0 Å². The first-order valence-corrected chi connectivity index (χ1v) is 3.58. The van der Waals surface area contributed by atoms with Crippen LogP contribution in [0.5, 0.6) is 0 Å². The largest absolute Gasteiger partial charge is 0.497 e. The van der Waals surface area contributed by atoms with Crippen molar-refractivity contribution < 1.29 is 19.4 Å². The maximum Gasteiger partial charge on any atom is 0.497 e. The second-order valence-electron chi connectivity index (χ2n) is 2.19. The molecule has 70 valence electrons. The molecule has 0 aromatic heterocycles. The van der Waals surface area contributed by atoms with Gasteiger partial charge in [-0.15, -0.1) is 0 Å². The highest BCUT2D eigenvalue weighted by molar-refractivity contribution is 5.66. The lowest BCUT2D eigenvalue weighted by atomic mass is 10.5. The van der Waals surface area contributed by atoms with E-state index in [0.717, 1.165) is 0 Å². The summed E-state index contributed by atoms with van der Waals surface area (Å²) in [7, 11) is 0. The Labute approximate surface area is 70.3 Å². The molecule has 0 spiro atoms. The second-order valence-corrected chi connectivity index (χ2v) is 2.19. The van der Waals surface area contributed by atoms with Crippen molar-refractivity contribution >= 4 is 6.09 Å². The average molecular weight is 176 g/mol. The molecule has 0 atom stereocenters. The van der Waals surface area contributed by atoms with Gasteiger partial charge in [0, 0.05) is 0 Å². The minimum Gasteiger partial charge on any atom is -0.444 e. The molecule has 0 radical (unpaired) electrons. The number of carbonyl (C=O) groups is 1. The third kappa shape index (κ3) is 5.45. The molecule has 6 nitrogen and oxygen atoms in total. The molecule has 6 heteroatoms. The van der Waals surface area contributed by atoms with Gasteiger partial charge in [-0.2, -0.15) is 0 Å². The normalized spacial score (nSPS) is 11.5. The van der Waals surface area contributed by atoms with E-state index in [1.807, 2.05) is 0 Å². The zero-order valence-corrected chi connectivity index (χ0v) is 7.31. The molecule has 0 aromatic rings. The van der Waals surface area contributed by atoms with Crippen molar-refractivity contribution in [2.24, 2.45) is 5.11 Å². The third-order valence-corrected chi connectivity index (χ3v) is 0.732. The van der Waals surface area contributed by atoms with Crippen molar-refractivity contribution in [3.8, 4) is 0 Å². The lowest BCUT2D eigenvalue weighted by molar-refractivity contribution is -0.795. The molecule has 0 unspecified atom stereocenters. The highest BCUT2D eigenvalue weighted by Crippen LogP contribution is 1.91. The first-order chi connectivity index (χ1) is 5.56. The van der Waals surface area contributed by atoms with Gasteiger partial charge in [-0.25, -0.2) is 10.0 Å². The van der Waals surface area contributed by atoms with Gasteiger partial charge in [0.15, 0.2) is 5.02 Å². The van der Waals surface area contributed by atoms with E-state index >= 15 is 0 Å². The SMILES string of the molecule is CCOC(=O)/N=[N+](\[O-])OC(C)C. The second kappa shape index (κ2) is 5.34. The minimum atomic E-state index is -0.951. The molecule has 0 saturated heterocycles.